The topological polar surface area (TPSA) is 143 Å². The molecule has 2 atom stereocenters. The van der Waals surface area contributed by atoms with Crippen molar-refractivity contribution in [2.45, 2.75) is 49.7 Å². The Morgan fingerprint density at radius 3 is 2.72 bits per heavy atom. The predicted octanol–water partition coefficient (Wildman–Crippen LogP) is 1.67. The van der Waals surface area contributed by atoms with Crippen molar-refractivity contribution in [2.24, 2.45) is 11.7 Å². The Bertz CT molecular complexity index is 1090. The number of carbonyl (C=O) groups is 3. The summed E-state index contributed by atoms with van der Waals surface area (Å²) in [6.45, 7) is 4.54. The van der Waals surface area contributed by atoms with Gasteiger partial charge in [0, 0.05) is 6.61 Å². The van der Waals surface area contributed by atoms with Crippen LogP contribution in [0.15, 0.2) is 28.2 Å². The van der Waals surface area contributed by atoms with Gasteiger partial charge in [-0.25, -0.2) is 14.6 Å². The molecule has 2 heterocycles. The SMILES string of the molecule is COC(=O)c1ccc2c(=O)n(CC3CCCO3)c(SC(C(=O)NC(N)=O)C(C)C)nc2c1. The van der Waals surface area contributed by atoms with Crippen molar-refractivity contribution in [2.75, 3.05) is 13.7 Å². The molecule has 1 aliphatic heterocycles. The zero-order valence-electron chi connectivity index (χ0n) is 18.1. The molecule has 3 amide bonds. The summed E-state index contributed by atoms with van der Waals surface area (Å²) in [4.78, 5) is 53.6. The van der Waals surface area contributed by atoms with Gasteiger partial charge in [-0.3, -0.25) is 19.5 Å². The number of amides is 3. The Labute approximate surface area is 188 Å². The number of urea groups is 1. The van der Waals surface area contributed by atoms with Gasteiger partial charge >= 0.3 is 12.0 Å². The fourth-order valence-electron chi connectivity index (χ4n) is 3.49. The third-order valence-electron chi connectivity index (χ3n) is 5.09. The number of carbonyl (C=O) groups excluding carboxylic acids is 3. The summed E-state index contributed by atoms with van der Waals surface area (Å²) in [5, 5.41) is 1.99. The van der Waals surface area contributed by atoms with Gasteiger partial charge in [0.15, 0.2) is 5.16 Å². The number of imide groups is 1. The number of fused-ring (bicyclic) bond motifs is 1. The number of aromatic nitrogens is 2. The number of nitrogens with zero attached hydrogens (tertiary/aromatic N) is 2. The van der Waals surface area contributed by atoms with Crippen LogP contribution in [0.25, 0.3) is 10.9 Å². The standard InChI is InChI=1S/C21H26N4O6S/c1-11(2)16(17(26)24-20(22)29)32-21-23-15-9-12(19(28)30-3)6-7-14(15)18(27)25(21)10-13-5-4-8-31-13/h6-7,9,11,13,16H,4-5,8,10H2,1-3H3,(H3,22,24,26,29). The second-order valence-electron chi connectivity index (χ2n) is 7.80. The number of rotatable bonds is 7. The van der Waals surface area contributed by atoms with Crippen molar-refractivity contribution in [3.63, 3.8) is 0 Å². The van der Waals surface area contributed by atoms with Crippen molar-refractivity contribution < 1.29 is 23.9 Å². The molecule has 0 aliphatic carbocycles. The number of nitrogens with two attached hydrogens (primary N) is 1. The lowest BCUT2D eigenvalue weighted by Gasteiger charge is -2.22. The lowest BCUT2D eigenvalue weighted by atomic mass is 10.1. The van der Waals surface area contributed by atoms with Gasteiger partial charge in [0.05, 0.1) is 41.5 Å². The maximum atomic E-state index is 13.3. The van der Waals surface area contributed by atoms with Crippen LogP contribution in [0.1, 0.15) is 37.0 Å². The number of esters is 1. The van der Waals surface area contributed by atoms with Gasteiger partial charge in [-0.05, 0) is 37.0 Å². The van der Waals surface area contributed by atoms with Gasteiger partial charge in [0.25, 0.3) is 5.56 Å². The average Bonchev–Trinajstić information content (AvgIpc) is 3.25. The molecule has 0 bridgehead atoms. The quantitative estimate of drug-likeness (QED) is 0.359. The highest BCUT2D eigenvalue weighted by molar-refractivity contribution is 8.00. The van der Waals surface area contributed by atoms with Gasteiger partial charge in [-0.2, -0.15) is 0 Å². The summed E-state index contributed by atoms with van der Waals surface area (Å²) < 4.78 is 11.9. The number of benzene rings is 1. The molecule has 2 aromatic rings. The van der Waals surface area contributed by atoms with Gasteiger partial charge in [-0.1, -0.05) is 25.6 Å². The highest BCUT2D eigenvalue weighted by Crippen LogP contribution is 2.29. The summed E-state index contributed by atoms with van der Waals surface area (Å²) >= 11 is 1.07. The van der Waals surface area contributed by atoms with Crippen molar-refractivity contribution in [3.05, 3.63) is 34.1 Å². The van der Waals surface area contributed by atoms with E-state index in [1.807, 2.05) is 13.8 Å². The maximum absolute atomic E-state index is 13.3. The van der Waals surface area contributed by atoms with E-state index in [1.54, 1.807) is 0 Å². The van der Waals surface area contributed by atoms with E-state index < -0.39 is 23.2 Å². The molecular weight excluding hydrogens is 436 g/mol. The largest absolute Gasteiger partial charge is 0.465 e. The van der Waals surface area contributed by atoms with Gasteiger partial charge in [0.1, 0.15) is 0 Å². The number of nitrogens with one attached hydrogen (secondary N) is 1. The van der Waals surface area contributed by atoms with Crippen molar-refractivity contribution in [1.82, 2.24) is 14.9 Å². The molecule has 172 valence electrons. The molecule has 32 heavy (non-hydrogen) atoms. The minimum Gasteiger partial charge on any atom is -0.465 e. The summed E-state index contributed by atoms with van der Waals surface area (Å²) in [6.07, 6.45) is 1.57. The maximum Gasteiger partial charge on any atom is 0.337 e. The first-order valence-corrected chi connectivity index (χ1v) is 11.1. The van der Waals surface area contributed by atoms with E-state index in [2.05, 4.69) is 10.3 Å². The normalized spacial score (nSPS) is 16.8. The van der Waals surface area contributed by atoms with Gasteiger partial charge in [0.2, 0.25) is 5.91 Å². The Hall–Kier alpha value is -2.92. The number of hydrogen-bond donors (Lipinski definition) is 2. The zero-order chi connectivity index (χ0) is 23.4. The minimum atomic E-state index is -0.952. The summed E-state index contributed by atoms with van der Waals surface area (Å²) in [6, 6.07) is 3.58. The Balaban J connectivity index is 2.10. The second kappa shape index (κ2) is 10.1. The lowest BCUT2D eigenvalue weighted by Crippen LogP contribution is -2.42. The van der Waals surface area contributed by atoms with E-state index in [4.69, 9.17) is 15.2 Å². The van der Waals surface area contributed by atoms with Crippen LogP contribution < -0.4 is 16.6 Å². The minimum absolute atomic E-state index is 0.141. The van der Waals surface area contributed by atoms with E-state index in [9.17, 15) is 19.2 Å². The van der Waals surface area contributed by atoms with Crippen molar-refractivity contribution >= 4 is 40.6 Å². The van der Waals surface area contributed by atoms with Crippen LogP contribution >= 0.6 is 11.8 Å². The van der Waals surface area contributed by atoms with Crippen molar-refractivity contribution in [1.29, 1.82) is 0 Å². The molecule has 0 saturated carbocycles. The average molecular weight is 463 g/mol. The van der Waals surface area contributed by atoms with Crippen LogP contribution in [0, 0.1) is 5.92 Å². The molecule has 1 fully saturated rings. The Morgan fingerprint density at radius 2 is 2.12 bits per heavy atom. The smallest absolute Gasteiger partial charge is 0.337 e. The number of ether oxygens (including phenoxy) is 2. The van der Waals surface area contributed by atoms with E-state index in [1.165, 1.54) is 29.9 Å². The molecule has 0 radical (unpaired) electrons. The molecule has 3 rings (SSSR count). The van der Waals surface area contributed by atoms with Crippen molar-refractivity contribution in [3.8, 4) is 0 Å². The fourth-order valence-corrected chi connectivity index (χ4v) is 4.59. The van der Waals surface area contributed by atoms with Gasteiger partial charge < -0.3 is 15.2 Å². The summed E-state index contributed by atoms with van der Waals surface area (Å²) in [5.74, 6) is -1.31. The molecule has 2 unspecified atom stereocenters. The van der Waals surface area contributed by atoms with Gasteiger partial charge in [-0.15, -0.1) is 0 Å². The number of hydrogen-bond acceptors (Lipinski definition) is 8. The Kier molecular flexibility index (Phi) is 7.52. The van der Waals surface area contributed by atoms with E-state index in [0.717, 1.165) is 24.6 Å². The molecule has 1 saturated heterocycles. The third-order valence-corrected chi connectivity index (χ3v) is 6.63. The first-order valence-electron chi connectivity index (χ1n) is 10.2. The van der Waals surface area contributed by atoms with Crippen LogP contribution in [0.4, 0.5) is 4.79 Å². The number of thioether (sulfide) groups is 1. The highest BCUT2D eigenvalue weighted by atomic mass is 32.2. The summed E-state index contributed by atoms with van der Waals surface area (Å²) in [7, 11) is 1.27. The first-order chi connectivity index (χ1) is 15.2. The molecule has 1 aliphatic rings. The number of methoxy groups -OCH3 is 1. The van der Waals surface area contributed by atoms with Crippen LogP contribution in [0.5, 0.6) is 0 Å². The number of primary amides is 1. The van der Waals surface area contributed by atoms with E-state index in [-0.39, 0.29) is 29.7 Å². The molecule has 10 nitrogen and oxygen atoms in total. The van der Waals surface area contributed by atoms with E-state index in [0.29, 0.717) is 22.7 Å². The molecule has 3 N–H and O–H groups in total. The molecule has 1 aromatic heterocycles. The lowest BCUT2D eigenvalue weighted by molar-refractivity contribution is -0.120. The predicted molar refractivity (Wildman–Crippen MR) is 119 cm³/mol. The third kappa shape index (κ3) is 5.28. The summed E-state index contributed by atoms with van der Waals surface area (Å²) in [5.41, 5.74) is 5.37. The zero-order valence-corrected chi connectivity index (χ0v) is 18.9. The molecular formula is C21H26N4O6S. The molecule has 0 spiro atoms. The Morgan fingerprint density at radius 1 is 1.38 bits per heavy atom. The molecule has 1 aromatic carbocycles. The van der Waals surface area contributed by atoms with Crippen LogP contribution in [-0.2, 0) is 20.8 Å². The van der Waals surface area contributed by atoms with Crippen LogP contribution in [0.2, 0.25) is 0 Å². The van der Waals surface area contributed by atoms with E-state index >= 15 is 0 Å². The second-order valence-corrected chi connectivity index (χ2v) is 8.91. The van der Waals surface area contributed by atoms with Crippen LogP contribution in [-0.4, -0.2) is 52.5 Å². The fraction of sp³-hybridized carbons (Fsp3) is 0.476. The first kappa shape index (κ1) is 23.7. The van der Waals surface area contributed by atoms with Crippen LogP contribution in [0.3, 0.4) is 0 Å². The monoisotopic (exact) mass is 462 g/mol. The molecule has 11 heteroatoms. The highest BCUT2D eigenvalue weighted by Gasteiger charge is 2.28.